The van der Waals surface area contributed by atoms with Crippen molar-refractivity contribution in [1.82, 2.24) is 0 Å². The molecule has 0 saturated heterocycles. The van der Waals surface area contributed by atoms with Crippen LogP contribution in [0.1, 0.15) is 26.3 Å². The molecule has 0 spiro atoms. The van der Waals surface area contributed by atoms with Crippen LogP contribution in [0.3, 0.4) is 0 Å². The summed E-state index contributed by atoms with van der Waals surface area (Å²) in [7, 11) is 0. The number of hydrogen-bond acceptors (Lipinski definition) is 8. The fourth-order valence-corrected chi connectivity index (χ4v) is 2.68. The summed E-state index contributed by atoms with van der Waals surface area (Å²) in [5, 5.41) is 37.5. The number of rotatable bonds is 6. The third kappa shape index (κ3) is 7.29. The molecule has 0 bridgehead atoms. The monoisotopic (exact) mass is 457 g/mol. The van der Waals surface area contributed by atoms with Gasteiger partial charge in [-0.05, 0) is 56.7 Å². The van der Waals surface area contributed by atoms with Crippen LogP contribution < -0.4 is 16.1 Å². The average molecular weight is 457 g/mol. The van der Waals surface area contributed by atoms with Gasteiger partial charge in [-0.3, -0.25) is 4.79 Å². The zero-order chi connectivity index (χ0) is 24.8. The molecule has 0 amide bonds. The van der Waals surface area contributed by atoms with E-state index in [1.165, 1.54) is 43.3 Å². The first-order chi connectivity index (χ1) is 15.4. The number of aromatic hydroxyl groups is 3. The van der Waals surface area contributed by atoms with Gasteiger partial charge in [0, 0.05) is 23.9 Å². The number of carbonyl (C=O) groups is 1. The van der Waals surface area contributed by atoms with E-state index in [4.69, 9.17) is 25.1 Å². The summed E-state index contributed by atoms with van der Waals surface area (Å²) in [6.07, 6.45) is 1.97. The highest BCUT2D eigenvalue weighted by molar-refractivity contribution is 5.80. The molecule has 1 atom stereocenters. The summed E-state index contributed by atoms with van der Waals surface area (Å²) in [6.45, 7) is 5.67. The van der Waals surface area contributed by atoms with Crippen LogP contribution in [-0.2, 0) is 11.2 Å². The van der Waals surface area contributed by atoms with E-state index >= 15 is 0 Å². The first-order valence-corrected chi connectivity index (χ1v) is 9.95. The zero-order valence-corrected chi connectivity index (χ0v) is 18.5. The Morgan fingerprint density at radius 3 is 2.36 bits per heavy atom. The van der Waals surface area contributed by atoms with Gasteiger partial charge in [0.1, 0.15) is 17.7 Å². The number of ether oxygens (including phenoxy) is 1. The summed E-state index contributed by atoms with van der Waals surface area (Å²) in [5.41, 5.74) is 5.80. The van der Waals surface area contributed by atoms with Gasteiger partial charge in [-0.2, -0.15) is 0 Å². The standard InChI is InChI=1S/C14H14O4.C10H13NO4/c1-9(2)5-6-17-13-8-12-10(7-11(13)15)3-4-14(16)18-12;1-10(11,9(14)15)5-6-2-3-7(12)8(13)4-6/h3-5,7-8,15H,6H2,1-2H3;2-4,12-13H,5,11H2,1H3,(H,14,15). The quantitative estimate of drug-likeness (QED) is 0.212. The minimum Gasteiger partial charge on any atom is -0.504 e. The molecule has 176 valence electrons. The predicted molar refractivity (Wildman–Crippen MR) is 123 cm³/mol. The number of benzene rings is 2. The molecule has 2 aromatic carbocycles. The molecule has 0 aliphatic rings. The zero-order valence-electron chi connectivity index (χ0n) is 18.5. The summed E-state index contributed by atoms with van der Waals surface area (Å²) in [5.74, 6) is -1.32. The maximum Gasteiger partial charge on any atom is 0.336 e. The molecule has 9 nitrogen and oxygen atoms in total. The SMILES string of the molecule is CC(C)=CCOc1cc2oc(=O)ccc2cc1O.CC(N)(Cc1ccc(O)c(O)c1)C(=O)O. The smallest absolute Gasteiger partial charge is 0.336 e. The summed E-state index contributed by atoms with van der Waals surface area (Å²) < 4.78 is 10.4. The van der Waals surface area contributed by atoms with Gasteiger partial charge in [-0.25, -0.2) is 4.79 Å². The number of carboxylic acid groups (broad SMARTS) is 1. The third-order valence-electron chi connectivity index (χ3n) is 4.53. The van der Waals surface area contributed by atoms with E-state index < -0.39 is 17.1 Å². The molecule has 6 N–H and O–H groups in total. The van der Waals surface area contributed by atoms with E-state index in [0.29, 0.717) is 28.9 Å². The fourth-order valence-electron chi connectivity index (χ4n) is 2.68. The molecular weight excluding hydrogens is 430 g/mol. The van der Waals surface area contributed by atoms with Crippen LogP contribution in [-0.4, -0.2) is 38.5 Å². The van der Waals surface area contributed by atoms with Gasteiger partial charge in [0.05, 0.1) is 0 Å². The lowest BCUT2D eigenvalue weighted by Crippen LogP contribution is -2.46. The van der Waals surface area contributed by atoms with Crippen LogP contribution in [0.2, 0.25) is 0 Å². The second kappa shape index (κ2) is 10.6. The minimum absolute atomic E-state index is 0.0264. The lowest BCUT2D eigenvalue weighted by atomic mass is 9.94. The van der Waals surface area contributed by atoms with Crippen LogP contribution >= 0.6 is 0 Å². The van der Waals surface area contributed by atoms with Gasteiger partial charge in [-0.1, -0.05) is 11.6 Å². The molecule has 1 aromatic heterocycles. The summed E-state index contributed by atoms with van der Waals surface area (Å²) in [4.78, 5) is 21.8. The van der Waals surface area contributed by atoms with Crippen molar-refractivity contribution in [1.29, 1.82) is 0 Å². The van der Waals surface area contributed by atoms with Crippen molar-refractivity contribution in [2.75, 3.05) is 6.61 Å². The molecule has 33 heavy (non-hydrogen) atoms. The van der Waals surface area contributed by atoms with Crippen molar-refractivity contribution < 1.29 is 34.4 Å². The number of nitrogens with two attached hydrogens (primary N) is 1. The van der Waals surface area contributed by atoms with Gasteiger partial charge in [-0.15, -0.1) is 0 Å². The average Bonchev–Trinajstić information content (AvgIpc) is 2.71. The molecule has 1 unspecified atom stereocenters. The summed E-state index contributed by atoms with van der Waals surface area (Å²) >= 11 is 0. The van der Waals surface area contributed by atoms with Crippen LogP contribution in [0.4, 0.5) is 0 Å². The number of aliphatic carboxylic acids is 1. The fraction of sp³-hybridized carbons (Fsp3) is 0.250. The highest BCUT2D eigenvalue weighted by atomic mass is 16.5. The van der Waals surface area contributed by atoms with Gasteiger partial charge in [0.15, 0.2) is 23.0 Å². The van der Waals surface area contributed by atoms with Crippen LogP contribution in [0.15, 0.2) is 63.3 Å². The van der Waals surface area contributed by atoms with Crippen LogP contribution in [0.5, 0.6) is 23.0 Å². The van der Waals surface area contributed by atoms with E-state index in [9.17, 15) is 19.8 Å². The van der Waals surface area contributed by atoms with Gasteiger partial charge >= 0.3 is 11.6 Å². The van der Waals surface area contributed by atoms with Crippen LogP contribution in [0.25, 0.3) is 11.0 Å². The highest BCUT2D eigenvalue weighted by Gasteiger charge is 2.28. The van der Waals surface area contributed by atoms with Crippen molar-refractivity contribution in [3.8, 4) is 23.0 Å². The predicted octanol–water partition coefficient (Wildman–Crippen LogP) is 3.29. The summed E-state index contributed by atoms with van der Waals surface area (Å²) in [6, 6.07) is 10.0. The molecule has 0 radical (unpaired) electrons. The Balaban J connectivity index is 0.000000238. The van der Waals surface area contributed by atoms with E-state index in [-0.39, 0.29) is 23.7 Å². The molecule has 3 rings (SSSR count). The van der Waals surface area contributed by atoms with Gasteiger partial charge in [0.25, 0.3) is 0 Å². The number of carboxylic acids is 1. The van der Waals surface area contributed by atoms with Gasteiger partial charge < -0.3 is 35.3 Å². The molecule has 0 saturated carbocycles. The van der Waals surface area contributed by atoms with E-state index in [0.717, 1.165) is 5.57 Å². The Kier molecular flexibility index (Phi) is 8.09. The van der Waals surface area contributed by atoms with Crippen molar-refractivity contribution >= 4 is 16.9 Å². The molecule has 9 heteroatoms. The van der Waals surface area contributed by atoms with E-state index in [1.54, 1.807) is 6.07 Å². The maximum absolute atomic E-state index is 11.1. The number of hydrogen-bond donors (Lipinski definition) is 5. The van der Waals surface area contributed by atoms with Crippen molar-refractivity contribution in [2.45, 2.75) is 32.7 Å². The van der Waals surface area contributed by atoms with Crippen LogP contribution in [0, 0.1) is 0 Å². The maximum atomic E-state index is 11.1. The topological polar surface area (TPSA) is 163 Å². The number of phenols is 3. The Morgan fingerprint density at radius 1 is 1.06 bits per heavy atom. The number of allylic oxidation sites excluding steroid dienone is 1. The second-order valence-corrected chi connectivity index (χ2v) is 7.93. The molecule has 3 aromatic rings. The largest absolute Gasteiger partial charge is 0.504 e. The Labute approximate surface area is 190 Å². The number of phenolic OH excluding ortho intramolecular Hbond substituents is 3. The molecule has 0 aliphatic heterocycles. The third-order valence-corrected chi connectivity index (χ3v) is 4.53. The molecular formula is C24H27NO8. The highest BCUT2D eigenvalue weighted by Crippen LogP contribution is 2.31. The molecule has 0 aliphatic carbocycles. The van der Waals surface area contributed by atoms with Crippen molar-refractivity contribution in [3.05, 3.63) is 70.1 Å². The van der Waals surface area contributed by atoms with Crippen molar-refractivity contribution in [2.24, 2.45) is 5.73 Å². The molecule has 0 fully saturated rings. The van der Waals surface area contributed by atoms with Crippen molar-refractivity contribution in [3.63, 3.8) is 0 Å². The normalized spacial score (nSPS) is 12.2. The Morgan fingerprint density at radius 2 is 1.76 bits per heavy atom. The Bertz CT molecular complexity index is 1220. The minimum atomic E-state index is -1.39. The Hall–Kier alpha value is -3.98. The second-order valence-electron chi connectivity index (χ2n) is 7.93. The first kappa shape index (κ1) is 25.3. The lowest BCUT2D eigenvalue weighted by molar-refractivity contribution is -0.142. The lowest BCUT2D eigenvalue weighted by Gasteiger charge is -2.19. The van der Waals surface area contributed by atoms with E-state index in [1.807, 2.05) is 19.9 Å². The first-order valence-electron chi connectivity index (χ1n) is 9.95. The number of fused-ring (bicyclic) bond motifs is 1. The van der Waals surface area contributed by atoms with E-state index in [2.05, 4.69) is 0 Å². The molecule has 1 heterocycles. The van der Waals surface area contributed by atoms with Gasteiger partial charge in [0.2, 0.25) is 0 Å².